The summed E-state index contributed by atoms with van der Waals surface area (Å²) in [5.74, 6) is -2.66. The number of aliphatic carboxylic acids is 1. The van der Waals surface area contributed by atoms with E-state index < -0.39 is 41.8 Å². The molecular formula is C31H32BrN3O6. The minimum absolute atomic E-state index is 0.00330. The van der Waals surface area contributed by atoms with E-state index in [9.17, 15) is 24.3 Å². The van der Waals surface area contributed by atoms with Gasteiger partial charge < -0.3 is 20.2 Å². The first-order valence-corrected chi connectivity index (χ1v) is 14.4. The molecule has 214 valence electrons. The van der Waals surface area contributed by atoms with Crippen LogP contribution < -0.4 is 5.32 Å². The molecule has 3 aromatic carbocycles. The lowest BCUT2D eigenvalue weighted by atomic mass is 9.83. The fourth-order valence-corrected chi connectivity index (χ4v) is 5.43. The first-order valence-electron chi connectivity index (χ1n) is 13.2. The molecule has 4 rings (SSSR count). The Morgan fingerprint density at radius 1 is 1.02 bits per heavy atom. The number of halogens is 1. The summed E-state index contributed by atoms with van der Waals surface area (Å²) in [4.78, 5) is 58.7. The Hall–Kier alpha value is -4.05. The summed E-state index contributed by atoms with van der Waals surface area (Å²) in [5.41, 5.74) is -0.195. The SMILES string of the molecule is CC(C)[C@H](NC(=O)c1ccc2ccccc2c1)C1=NOC(C(=O)N(C)[C@@H](CC(=O)O)C(=O)CBr)(c2ccccc2)C1. The molecule has 3 aromatic rings. The number of benzene rings is 3. The smallest absolute Gasteiger partial charge is 0.305 e. The van der Waals surface area contributed by atoms with Crippen molar-refractivity contribution in [2.75, 3.05) is 12.4 Å². The third-order valence-corrected chi connectivity index (χ3v) is 7.87. The summed E-state index contributed by atoms with van der Waals surface area (Å²) < 4.78 is 0. The number of alkyl halides is 1. The van der Waals surface area contributed by atoms with Crippen LogP contribution in [0.5, 0.6) is 0 Å². The first kappa shape index (κ1) is 29.9. The van der Waals surface area contributed by atoms with Gasteiger partial charge in [0.15, 0.2) is 5.78 Å². The number of nitrogens with one attached hydrogen (secondary N) is 1. The van der Waals surface area contributed by atoms with Gasteiger partial charge in [-0.05, 0) is 28.8 Å². The Labute approximate surface area is 246 Å². The third kappa shape index (κ3) is 6.32. The number of hydrogen-bond donors (Lipinski definition) is 2. The largest absolute Gasteiger partial charge is 0.481 e. The Morgan fingerprint density at radius 3 is 2.32 bits per heavy atom. The molecule has 3 atom stereocenters. The molecule has 0 fully saturated rings. The summed E-state index contributed by atoms with van der Waals surface area (Å²) >= 11 is 3.09. The molecule has 0 saturated heterocycles. The van der Waals surface area contributed by atoms with E-state index in [-0.39, 0.29) is 23.6 Å². The van der Waals surface area contributed by atoms with Crippen molar-refractivity contribution in [2.24, 2.45) is 11.1 Å². The van der Waals surface area contributed by atoms with E-state index in [0.717, 1.165) is 15.7 Å². The van der Waals surface area contributed by atoms with E-state index in [4.69, 9.17) is 4.84 Å². The summed E-state index contributed by atoms with van der Waals surface area (Å²) in [6.07, 6.45) is -0.551. The zero-order valence-electron chi connectivity index (χ0n) is 23.0. The first-order chi connectivity index (χ1) is 19.6. The molecule has 2 N–H and O–H groups in total. The predicted molar refractivity (Wildman–Crippen MR) is 159 cm³/mol. The number of oxime groups is 1. The van der Waals surface area contributed by atoms with Gasteiger partial charge in [-0.25, -0.2) is 0 Å². The number of likely N-dealkylation sites (N-methyl/N-ethyl adjacent to an activating group) is 1. The highest BCUT2D eigenvalue weighted by Gasteiger charge is 2.52. The van der Waals surface area contributed by atoms with E-state index in [1.165, 1.54) is 7.05 Å². The maximum Gasteiger partial charge on any atom is 0.305 e. The summed E-state index contributed by atoms with van der Waals surface area (Å²) in [6.45, 7) is 3.86. The maximum absolute atomic E-state index is 14.1. The monoisotopic (exact) mass is 621 g/mol. The number of carboxylic acids is 1. The fraction of sp³-hybridized carbons (Fsp3) is 0.323. The van der Waals surface area contributed by atoms with E-state index in [1.807, 2.05) is 50.2 Å². The lowest BCUT2D eigenvalue weighted by molar-refractivity contribution is -0.160. The number of amides is 2. The van der Waals surface area contributed by atoms with Crippen LogP contribution in [0.1, 0.15) is 42.6 Å². The van der Waals surface area contributed by atoms with Crippen LogP contribution in [0.2, 0.25) is 0 Å². The molecule has 0 aliphatic carbocycles. The van der Waals surface area contributed by atoms with Crippen LogP contribution in [0.3, 0.4) is 0 Å². The van der Waals surface area contributed by atoms with E-state index in [1.54, 1.807) is 36.4 Å². The average molecular weight is 623 g/mol. The molecule has 1 aliphatic rings. The second-order valence-corrected chi connectivity index (χ2v) is 11.0. The highest BCUT2D eigenvalue weighted by Crippen LogP contribution is 2.39. The van der Waals surface area contributed by atoms with Gasteiger partial charge in [0.25, 0.3) is 11.8 Å². The third-order valence-electron chi connectivity index (χ3n) is 7.32. The second-order valence-electron chi connectivity index (χ2n) is 10.4. The fourth-order valence-electron chi connectivity index (χ4n) is 5.06. The Morgan fingerprint density at radius 2 is 1.68 bits per heavy atom. The number of Topliss-reactive ketones (excluding diaryl/α,β-unsaturated/α-hetero) is 1. The van der Waals surface area contributed by atoms with Crippen LogP contribution in [-0.4, -0.2) is 63.7 Å². The van der Waals surface area contributed by atoms with Gasteiger partial charge in [0.2, 0.25) is 5.60 Å². The Kier molecular flexibility index (Phi) is 9.22. The number of carbonyl (C=O) groups is 4. The number of fused-ring (bicyclic) bond motifs is 1. The summed E-state index contributed by atoms with van der Waals surface area (Å²) in [6, 6.07) is 20.2. The van der Waals surface area contributed by atoms with Crippen LogP contribution in [0.4, 0.5) is 0 Å². The van der Waals surface area contributed by atoms with Crippen molar-refractivity contribution in [1.82, 2.24) is 10.2 Å². The maximum atomic E-state index is 14.1. The lowest BCUT2D eigenvalue weighted by Gasteiger charge is -2.34. The standard InChI is InChI=1S/C31H32BrN3O6/c1-19(2)28(33-29(39)22-14-13-20-9-7-8-10-21(20)15-22)24-17-31(41-34-24,23-11-5-4-6-12-23)30(40)35(3)25(16-27(37)38)26(36)18-32/h4-15,19,25,28H,16-18H2,1-3H3,(H,33,39)(H,37,38)/t25-,28-,31?/m0/s1. The van der Waals surface area contributed by atoms with Crippen molar-refractivity contribution in [3.05, 3.63) is 83.9 Å². The highest BCUT2D eigenvalue weighted by atomic mass is 79.9. The van der Waals surface area contributed by atoms with Gasteiger partial charge in [0, 0.05) is 24.6 Å². The van der Waals surface area contributed by atoms with Gasteiger partial charge in [0.1, 0.15) is 6.04 Å². The molecule has 0 bridgehead atoms. The topological polar surface area (TPSA) is 125 Å². The van der Waals surface area contributed by atoms with Crippen LogP contribution in [0, 0.1) is 5.92 Å². The Bertz CT molecular complexity index is 1490. The van der Waals surface area contributed by atoms with E-state index >= 15 is 0 Å². The van der Waals surface area contributed by atoms with Gasteiger partial charge in [-0.15, -0.1) is 0 Å². The van der Waals surface area contributed by atoms with Crippen LogP contribution in [0.25, 0.3) is 10.8 Å². The number of hydrogen-bond acceptors (Lipinski definition) is 6. The number of ketones is 1. The van der Waals surface area contributed by atoms with Crippen LogP contribution >= 0.6 is 15.9 Å². The van der Waals surface area contributed by atoms with Crippen molar-refractivity contribution >= 4 is 56.0 Å². The molecule has 10 heteroatoms. The molecule has 0 aromatic heterocycles. The average Bonchev–Trinajstić information content (AvgIpc) is 3.43. The molecule has 0 saturated carbocycles. The molecule has 9 nitrogen and oxygen atoms in total. The van der Waals surface area contributed by atoms with Crippen LogP contribution in [-0.2, 0) is 24.8 Å². The normalized spacial score (nSPS) is 17.8. The molecule has 1 heterocycles. The summed E-state index contributed by atoms with van der Waals surface area (Å²) in [7, 11) is 1.39. The second kappa shape index (κ2) is 12.6. The molecule has 1 aliphatic heterocycles. The summed E-state index contributed by atoms with van der Waals surface area (Å²) in [5, 5.41) is 18.6. The molecule has 0 radical (unpaired) electrons. The number of carbonyl (C=O) groups excluding carboxylic acids is 3. The van der Waals surface area contributed by atoms with Crippen molar-refractivity contribution in [2.45, 2.75) is 44.4 Å². The van der Waals surface area contributed by atoms with Gasteiger partial charge in [-0.3, -0.25) is 19.2 Å². The van der Waals surface area contributed by atoms with Gasteiger partial charge in [0.05, 0.1) is 23.5 Å². The van der Waals surface area contributed by atoms with Crippen molar-refractivity contribution in [3.63, 3.8) is 0 Å². The lowest BCUT2D eigenvalue weighted by Crippen LogP contribution is -2.53. The Balaban J connectivity index is 1.64. The minimum Gasteiger partial charge on any atom is -0.481 e. The van der Waals surface area contributed by atoms with Gasteiger partial charge >= 0.3 is 5.97 Å². The zero-order valence-corrected chi connectivity index (χ0v) is 24.6. The van der Waals surface area contributed by atoms with Crippen molar-refractivity contribution in [3.8, 4) is 0 Å². The van der Waals surface area contributed by atoms with Crippen LogP contribution in [0.15, 0.2) is 78.0 Å². The van der Waals surface area contributed by atoms with Crippen molar-refractivity contribution < 1.29 is 29.1 Å². The number of carboxylic acid groups (broad SMARTS) is 1. The molecule has 2 amide bonds. The quantitative estimate of drug-likeness (QED) is 0.303. The highest BCUT2D eigenvalue weighted by molar-refractivity contribution is 9.09. The van der Waals surface area contributed by atoms with Gasteiger partial charge in [-0.2, -0.15) is 0 Å². The van der Waals surface area contributed by atoms with E-state index in [2.05, 4.69) is 26.4 Å². The van der Waals surface area contributed by atoms with Crippen molar-refractivity contribution in [1.29, 1.82) is 0 Å². The molecule has 1 unspecified atom stereocenters. The molecule has 41 heavy (non-hydrogen) atoms. The molecule has 0 spiro atoms. The predicted octanol–water partition coefficient (Wildman–Crippen LogP) is 4.53. The molecular weight excluding hydrogens is 590 g/mol. The zero-order chi connectivity index (χ0) is 29.7. The van der Waals surface area contributed by atoms with E-state index in [0.29, 0.717) is 16.8 Å². The minimum atomic E-state index is -1.64. The van der Waals surface area contributed by atoms with Gasteiger partial charge in [-0.1, -0.05) is 95.6 Å². The number of rotatable bonds is 11. The number of nitrogens with zero attached hydrogens (tertiary/aromatic N) is 2.